The van der Waals surface area contributed by atoms with Crippen LogP contribution in [-0.4, -0.2) is 130 Å². The highest BCUT2D eigenvalue weighted by Gasteiger charge is 2.80. The van der Waals surface area contributed by atoms with E-state index < -0.39 is 132 Å². The summed E-state index contributed by atoms with van der Waals surface area (Å²) in [7, 11) is 0. The number of esters is 4. The van der Waals surface area contributed by atoms with Crippen molar-refractivity contribution in [1.82, 2.24) is 5.32 Å². The number of hydrogen-bond acceptors (Lipinski definition) is 16. The molecule has 2 aliphatic heterocycles. The van der Waals surface area contributed by atoms with Crippen molar-refractivity contribution in [3.05, 3.63) is 119 Å². The Kier molecular flexibility index (Phi) is 13.0. The maximum absolute atomic E-state index is 14.6. The molecule has 2 saturated carbocycles. The van der Waals surface area contributed by atoms with Gasteiger partial charge >= 0.3 is 23.9 Å². The predicted octanol–water partition coefficient (Wildman–Crippen LogP) is 3.27. The summed E-state index contributed by atoms with van der Waals surface area (Å²) in [5.41, 5.74) is -5.89. The van der Waals surface area contributed by atoms with Gasteiger partial charge in [-0.1, -0.05) is 87.5 Å². The summed E-state index contributed by atoms with van der Waals surface area (Å²) < 4.78 is 44.7. The highest BCUT2D eigenvalue weighted by molar-refractivity contribution is 5.95. The summed E-state index contributed by atoms with van der Waals surface area (Å²) >= 11 is 0. The number of ether oxygens (including phenoxy) is 7. The van der Waals surface area contributed by atoms with E-state index in [1.54, 1.807) is 107 Å². The van der Waals surface area contributed by atoms with Gasteiger partial charge in [0.25, 0.3) is 5.91 Å². The molecule has 3 aromatic rings. The Bertz CT molecular complexity index is 2400. The van der Waals surface area contributed by atoms with E-state index in [2.05, 4.69) is 5.32 Å². The molecule has 2 saturated heterocycles. The summed E-state index contributed by atoms with van der Waals surface area (Å²) in [6.45, 7) is 8.01. The third-order valence-electron chi connectivity index (χ3n) is 14.7. The summed E-state index contributed by atoms with van der Waals surface area (Å²) in [6.07, 6.45) is -13.5. The van der Waals surface area contributed by atoms with E-state index >= 15 is 0 Å². The lowest BCUT2D eigenvalue weighted by Crippen LogP contribution is -2.84. The SMILES string of the molecule is CC(=O)O[C@@H]1C2=C(C)[C@@H](OC(=O)[C@H](O)[C@@H](NC(=O)c3ccccc3)c3ccccc3)C[C@@](O)([C@@H](OC(=O)c3ccccc3)[C@@H]3[C@]4(OC(C)=O)CO[C@@H]4C[C@@H]4OC(C(O)CO)O[C@@H]1[C@]43C)C2(C)C. The maximum Gasteiger partial charge on any atom is 0.338 e. The van der Waals surface area contributed by atoms with E-state index in [-0.39, 0.29) is 35.3 Å². The van der Waals surface area contributed by atoms with E-state index in [0.717, 1.165) is 0 Å². The molecule has 3 aliphatic carbocycles. The topological polar surface area (TPSA) is 243 Å². The van der Waals surface area contributed by atoms with Gasteiger partial charge in [0.1, 0.15) is 36.1 Å². The van der Waals surface area contributed by atoms with Crippen LogP contribution in [0.25, 0.3) is 0 Å². The summed E-state index contributed by atoms with van der Waals surface area (Å²) in [4.78, 5) is 69.3. The molecule has 4 fully saturated rings. The van der Waals surface area contributed by atoms with Crippen LogP contribution >= 0.6 is 0 Å². The second kappa shape index (κ2) is 18.2. The molecule has 0 radical (unpaired) electrons. The Balaban J connectivity index is 1.31. The second-order valence-corrected chi connectivity index (χ2v) is 18.9. The first-order valence-corrected chi connectivity index (χ1v) is 22.4. The van der Waals surface area contributed by atoms with Crippen molar-refractivity contribution in [2.24, 2.45) is 16.7 Å². The Morgan fingerprint density at radius 3 is 1.99 bits per heavy atom. The lowest BCUT2D eigenvalue weighted by Gasteiger charge is -2.71. The lowest BCUT2D eigenvalue weighted by atomic mass is 9.44. The molecule has 0 spiro atoms. The fourth-order valence-electron chi connectivity index (χ4n) is 11.4. The predicted molar refractivity (Wildman–Crippen MR) is 233 cm³/mol. The number of nitrogens with one attached hydrogen (secondary N) is 1. The molecule has 2 unspecified atom stereocenters. The van der Waals surface area contributed by atoms with Crippen LogP contribution in [0.5, 0.6) is 0 Å². The average Bonchev–Trinajstić information content (AvgIpc) is 3.30. The van der Waals surface area contributed by atoms with Gasteiger partial charge < -0.3 is 58.9 Å². The van der Waals surface area contributed by atoms with Crippen molar-refractivity contribution in [3.63, 3.8) is 0 Å². The van der Waals surface area contributed by atoms with Crippen molar-refractivity contribution < 1.29 is 77.6 Å². The van der Waals surface area contributed by atoms with Crippen molar-refractivity contribution in [2.75, 3.05) is 13.2 Å². The van der Waals surface area contributed by atoms with Crippen LogP contribution in [0, 0.1) is 16.7 Å². The van der Waals surface area contributed by atoms with Gasteiger partial charge in [-0.25, -0.2) is 9.59 Å². The van der Waals surface area contributed by atoms with Gasteiger partial charge in [-0.15, -0.1) is 0 Å². The van der Waals surface area contributed by atoms with E-state index in [4.69, 9.17) is 33.2 Å². The van der Waals surface area contributed by atoms with Gasteiger partial charge in [0, 0.05) is 43.1 Å². The third-order valence-corrected chi connectivity index (χ3v) is 14.7. The molecule has 3 aromatic carbocycles. The molecule has 8 rings (SSSR count). The molecule has 5 aliphatic rings. The number of benzene rings is 3. The normalized spacial score (nSPS) is 33.9. The molecule has 17 nitrogen and oxygen atoms in total. The molecular formula is C50H57NO16. The Labute approximate surface area is 387 Å². The number of amides is 1. The van der Waals surface area contributed by atoms with Gasteiger partial charge in [0.05, 0.1) is 36.8 Å². The fraction of sp³-hybridized carbons (Fsp3) is 0.500. The van der Waals surface area contributed by atoms with Gasteiger partial charge in [-0.2, -0.15) is 0 Å². The van der Waals surface area contributed by atoms with Gasteiger partial charge in [0.15, 0.2) is 24.1 Å². The zero-order valence-corrected chi connectivity index (χ0v) is 38.0. The molecule has 67 heavy (non-hydrogen) atoms. The fourth-order valence-corrected chi connectivity index (χ4v) is 11.4. The van der Waals surface area contributed by atoms with Crippen molar-refractivity contribution >= 4 is 29.8 Å². The molecular weight excluding hydrogens is 871 g/mol. The van der Waals surface area contributed by atoms with Gasteiger partial charge in [-0.3, -0.25) is 14.4 Å². The van der Waals surface area contributed by atoms with E-state index in [0.29, 0.717) is 5.56 Å². The van der Waals surface area contributed by atoms with Gasteiger partial charge in [0.2, 0.25) is 0 Å². The Morgan fingerprint density at radius 1 is 0.806 bits per heavy atom. The Morgan fingerprint density at radius 2 is 1.42 bits per heavy atom. The highest BCUT2D eigenvalue weighted by Crippen LogP contribution is 2.67. The van der Waals surface area contributed by atoms with Gasteiger partial charge in [-0.05, 0) is 47.9 Å². The summed E-state index contributed by atoms with van der Waals surface area (Å²) in [5.74, 6) is -5.47. The summed E-state index contributed by atoms with van der Waals surface area (Å²) in [5, 5.41) is 50.0. The van der Waals surface area contributed by atoms with Crippen LogP contribution in [0.1, 0.15) is 86.7 Å². The number of fused-ring (bicyclic) bond motifs is 4. The van der Waals surface area contributed by atoms with E-state index in [1.807, 2.05) is 0 Å². The zero-order valence-electron chi connectivity index (χ0n) is 38.0. The van der Waals surface area contributed by atoms with Crippen LogP contribution in [-0.2, 0) is 47.5 Å². The average molecular weight is 928 g/mol. The number of rotatable bonds is 12. The second-order valence-electron chi connectivity index (χ2n) is 18.9. The minimum atomic E-state index is -2.32. The van der Waals surface area contributed by atoms with Crippen LogP contribution in [0.15, 0.2) is 102 Å². The number of hydrogen-bond donors (Lipinski definition) is 5. The summed E-state index contributed by atoms with van der Waals surface area (Å²) in [6, 6.07) is 23.2. The van der Waals surface area contributed by atoms with Crippen LogP contribution < -0.4 is 5.32 Å². The molecule has 0 aromatic heterocycles. The number of carbonyl (C=O) groups excluding carboxylic acids is 5. The minimum Gasteiger partial charge on any atom is -0.456 e. The first kappa shape index (κ1) is 47.9. The quantitative estimate of drug-likeness (QED) is 0.0995. The molecule has 2 heterocycles. The van der Waals surface area contributed by atoms with Crippen LogP contribution in [0.3, 0.4) is 0 Å². The highest BCUT2D eigenvalue weighted by atomic mass is 16.7. The molecule has 358 valence electrons. The van der Waals surface area contributed by atoms with E-state index in [1.165, 1.54) is 26.0 Å². The van der Waals surface area contributed by atoms with Crippen LogP contribution in [0.2, 0.25) is 0 Å². The number of aliphatic hydroxyl groups excluding tert-OH is 3. The van der Waals surface area contributed by atoms with Crippen LogP contribution in [0.4, 0.5) is 0 Å². The molecule has 1 amide bonds. The largest absolute Gasteiger partial charge is 0.456 e. The standard InChI is InChI=1S/C50H57NO16/c1-26-33(63-45(59)38(56)37(29-16-10-7-11-17-29)51-43(57)30-18-12-8-13-19-30)23-50(60)42(65-44(58)31-20-14-9-15-21-31)40-48(6)34(22-35-49(40,25-61-35)67-28(3)54)64-46(32(55)24-52)66-41(48)39(62-27(2)53)36(26)47(50,4)5/h7-21,32-35,37-42,46,52,55-56,60H,22-25H2,1-6H3,(H,51,57)/t32?,33-,34-,35+,37-,38+,39+,40-,41-,42-,46?,48+,49-,50+/m0/s1. The first-order chi connectivity index (χ1) is 31.8. The lowest BCUT2D eigenvalue weighted by molar-refractivity contribution is -0.418. The maximum atomic E-state index is 14.6. The molecule has 2 bridgehead atoms. The third kappa shape index (κ3) is 8.13. The smallest absolute Gasteiger partial charge is 0.338 e. The zero-order chi connectivity index (χ0) is 48.2. The number of aliphatic hydroxyl groups is 4. The number of carbonyl (C=O) groups is 5. The minimum absolute atomic E-state index is 0.0301. The van der Waals surface area contributed by atoms with Crippen molar-refractivity contribution in [2.45, 2.75) is 127 Å². The molecule has 17 heteroatoms. The van der Waals surface area contributed by atoms with Crippen molar-refractivity contribution in [3.8, 4) is 0 Å². The molecule has 14 atom stereocenters. The van der Waals surface area contributed by atoms with Crippen molar-refractivity contribution in [1.29, 1.82) is 0 Å². The first-order valence-electron chi connectivity index (χ1n) is 22.4. The monoisotopic (exact) mass is 927 g/mol. The Hall–Kier alpha value is -5.53. The van der Waals surface area contributed by atoms with E-state index in [9.17, 15) is 44.4 Å². The molecule has 5 N–H and O–H groups in total.